The standard InChI is InChI=1S/C14H15NO2/c1-9-2-3-11-7-12(5-4-10(11)6-9)14(17)13(16)8-15/h2-7,13,16H,8,15H2,1H3. The van der Waals surface area contributed by atoms with Crippen molar-refractivity contribution in [2.45, 2.75) is 13.0 Å². The lowest BCUT2D eigenvalue weighted by Gasteiger charge is -2.07. The van der Waals surface area contributed by atoms with Gasteiger partial charge in [-0.15, -0.1) is 0 Å². The summed E-state index contributed by atoms with van der Waals surface area (Å²) in [6.45, 7) is 1.97. The number of Topliss-reactive ketones (excluding diaryl/α,β-unsaturated/α-hetero) is 1. The average Bonchev–Trinajstić information content (AvgIpc) is 2.36. The lowest BCUT2D eigenvalue weighted by Crippen LogP contribution is -2.29. The Balaban J connectivity index is 2.45. The van der Waals surface area contributed by atoms with E-state index in [4.69, 9.17) is 5.73 Å². The Morgan fingerprint density at radius 2 is 1.88 bits per heavy atom. The van der Waals surface area contributed by atoms with Crippen LogP contribution < -0.4 is 5.73 Å². The quantitative estimate of drug-likeness (QED) is 0.787. The maximum Gasteiger partial charge on any atom is 0.192 e. The number of aliphatic hydroxyl groups is 1. The van der Waals surface area contributed by atoms with Gasteiger partial charge in [-0.25, -0.2) is 0 Å². The van der Waals surface area contributed by atoms with E-state index in [1.165, 1.54) is 5.56 Å². The van der Waals surface area contributed by atoms with Crippen LogP contribution in [0.5, 0.6) is 0 Å². The molecule has 3 nitrogen and oxygen atoms in total. The van der Waals surface area contributed by atoms with Crippen LogP contribution in [0.4, 0.5) is 0 Å². The van der Waals surface area contributed by atoms with Crippen molar-refractivity contribution in [3.05, 3.63) is 47.5 Å². The predicted octanol–water partition coefficient (Wildman–Crippen LogP) is 1.65. The molecule has 0 bridgehead atoms. The lowest BCUT2D eigenvalue weighted by molar-refractivity contribution is 0.0763. The first-order chi connectivity index (χ1) is 8.11. The van der Waals surface area contributed by atoms with Gasteiger partial charge in [-0.2, -0.15) is 0 Å². The summed E-state index contributed by atoms with van der Waals surface area (Å²) in [5.41, 5.74) is 6.95. The van der Waals surface area contributed by atoms with Gasteiger partial charge in [0.15, 0.2) is 5.78 Å². The Morgan fingerprint density at radius 1 is 1.24 bits per heavy atom. The first kappa shape index (κ1) is 11.8. The van der Waals surface area contributed by atoms with Crippen molar-refractivity contribution in [2.75, 3.05) is 6.54 Å². The predicted molar refractivity (Wildman–Crippen MR) is 68.1 cm³/mol. The van der Waals surface area contributed by atoms with E-state index in [1.54, 1.807) is 12.1 Å². The molecule has 1 unspecified atom stereocenters. The molecule has 0 amide bonds. The molecule has 0 radical (unpaired) electrons. The summed E-state index contributed by atoms with van der Waals surface area (Å²) in [6.07, 6.45) is -1.11. The van der Waals surface area contributed by atoms with Crippen molar-refractivity contribution >= 4 is 16.6 Å². The molecule has 1 atom stereocenters. The Bertz CT molecular complexity index is 563. The van der Waals surface area contributed by atoms with Crippen LogP contribution in [-0.2, 0) is 0 Å². The van der Waals surface area contributed by atoms with Gasteiger partial charge in [0.1, 0.15) is 6.10 Å². The van der Waals surface area contributed by atoms with Crippen LogP contribution in [0.25, 0.3) is 10.8 Å². The number of benzene rings is 2. The van der Waals surface area contributed by atoms with Crippen LogP contribution >= 0.6 is 0 Å². The summed E-state index contributed by atoms with van der Waals surface area (Å²) < 4.78 is 0. The molecule has 0 aliphatic carbocycles. The number of carbonyl (C=O) groups is 1. The third kappa shape index (κ3) is 2.35. The van der Waals surface area contributed by atoms with Gasteiger partial charge in [0, 0.05) is 12.1 Å². The minimum absolute atomic E-state index is 0.0508. The monoisotopic (exact) mass is 229 g/mol. The summed E-state index contributed by atoms with van der Waals surface area (Å²) in [5.74, 6) is -0.324. The maximum atomic E-state index is 11.8. The summed E-state index contributed by atoms with van der Waals surface area (Å²) in [5, 5.41) is 11.5. The Hall–Kier alpha value is -1.71. The second-order valence-electron chi connectivity index (χ2n) is 4.18. The smallest absolute Gasteiger partial charge is 0.192 e. The van der Waals surface area contributed by atoms with Gasteiger partial charge in [0.05, 0.1) is 0 Å². The van der Waals surface area contributed by atoms with E-state index >= 15 is 0 Å². The molecule has 0 saturated heterocycles. The van der Waals surface area contributed by atoms with Crippen LogP contribution in [0.3, 0.4) is 0 Å². The van der Waals surface area contributed by atoms with E-state index in [0.29, 0.717) is 5.56 Å². The molecule has 0 saturated carbocycles. The number of nitrogens with two attached hydrogens (primary N) is 1. The molecule has 0 spiro atoms. The van der Waals surface area contributed by atoms with Crippen molar-refractivity contribution < 1.29 is 9.90 Å². The van der Waals surface area contributed by atoms with E-state index in [2.05, 4.69) is 6.07 Å². The van der Waals surface area contributed by atoms with E-state index in [1.807, 2.05) is 25.1 Å². The third-order valence-corrected chi connectivity index (χ3v) is 2.81. The zero-order valence-electron chi connectivity index (χ0n) is 9.68. The van der Waals surface area contributed by atoms with Gasteiger partial charge < -0.3 is 10.8 Å². The number of fused-ring (bicyclic) bond motifs is 1. The molecule has 3 heteroatoms. The number of carbonyl (C=O) groups excluding carboxylic acids is 1. The van der Waals surface area contributed by atoms with Crippen molar-refractivity contribution in [3.63, 3.8) is 0 Å². The molecular formula is C14H15NO2. The van der Waals surface area contributed by atoms with Gasteiger partial charge in [-0.05, 0) is 23.8 Å². The SMILES string of the molecule is Cc1ccc2cc(C(=O)C(O)CN)ccc2c1. The zero-order chi connectivity index (χ0) is 12.4. The van der Waals surface area contributed by atoms with Crippen molar-refractivity contribution in [2.24, 2.45) is 5.73 Å². The van der Waals surface area contributed by atoms with Gasteiger partial charge in [-0.1, -0.05) is 35.9 Å². The normalized spacial score (nSPS) is 12.6. The van der Waals surface area contributed by atoms with E-state index < -0.39 is 6.10 Å². The summed E-state index contributed by atoms with van der Waals surface area (Å²) in [4.78, 5) is 11.8. The molecule has 0 heterocycles. The Morgan fingerprint density at radius 3 is 2.59 bits per heavy atom. The number of ketones is 1. The maximum absolute atomic E-state index is 11.8. The molecule has 17 heavy (non-hydrogen) atoms. The number of rotatable bonds is 3. The molecule has 0 fully saturated rings. The molecule has 2 aromatic carbocycles. The van der Waals surface area contributed by atoms with Crippen LogP contribution in [0.15, 0.2) is 36.4 Å². The Labute approximate surface area is 99.9 Å². The van der Waals surface area contributed by atoms with E-state index in [-0.39, 0.29) is 12.3 Å². The average molecular weight is 229 g/mol. The largest absolute Gasteiger partial charge is 0.384 e. The van der Waals surface area contributed by atoms with E-state index in [9.17, 15) is 9.90 Å². The minimum Gasteiger partial charge on any atom is -0.384 e. The number of hydrogen-bond donors (Lipinski definition) is 2. The first-order valence-corrected chi connectivity index (χ1v) is 5.54. The fraction of sp³-hybridized carbons (Fsp3) is 0.214. The van der Waals surface area contributed by atoms with Gasteiger partial charge >= 0.3 is 0 Å². The molecule has 0 aliphatic rings. The van der Waals surface area contributed by atoms with Crippen LogP contribution in [0, 0.1) is 6.92 Å². The minimum atomic E-state index is -1.11. The number of hydrogen-bond acceptors (Lipinski definition) is 3. The second kappa shape index (κ2) is 4.65. The summed E-state index contributed by atoms with van der Waals surface area (Å²) >= 11 is 0. The Kier molecular flexibility index (Phi) is 3.22. The first-order valence-electron chi connectivity index (χ1n) is 5.54. The van der Waals surface area contributed by atoms with E-state index in [0.717, 1.165) is 10.8 Å². The van der Waals surface area contributed by atoms with Crippen LogP contribution in [0.1, 0.15) is 15.9 Å². The fourth-order valence-corrected chi connectivity index (χ4v) is 1.82. The highest BCUT2D eigenvalue weighted by Crippen LogP contribution is 2.18. The van der Waals surface area contributed by atoms with Crippen molar-refractivity contribution in [1.29, 1.82) is 0 Å². The van der Waals surface area contributed by atoms with Crippen molar-refractivity contribution in [1.82, 2.24) is 0 Å². The number of aryl methyl sites for hydroxylation is 1. The highest BCUT2D eigenvalue weighted by Gasteiger charge is 2.15. The molecule has 0 aliphatic heterocycles. The molecule has 2 rings (SSSR count). The van der Waals surface area contributed by atoms with Gasteiger partial charge in [0.2, 0.25) is 0 Å². The lowest BCUT2D eigenvalue weighted by atomic mass is 10.0. The molecular weight excluding hydrogens is 214 g/mol. The highest BCUT2D eigenvalue weighted by atomic mass is 16.3. The molecule has 3 N–H and O–H groups in total. The topological polar surface area (TPSA) is 63.3 Å². The highest BCUT2D eigenvalue weighted by molar-refractivity contribution is 6.02. The molecule has 0 aromatic heterocycles. The molecule has 2 aromatic rings. The second-order valence-corrected chi connectivity index (χ2v) is 4.18. The van der Waals surface area contributed by atoms with Crippen molar-refractivity contribution in [3.8, 4) is 0 Å². The fourth-order valence-electron chi connectivity index (χ4n) is 1.82. The zero-order valence-corrected chi connectivity index (χ0v) is 9.68. The number of aliphatic hydroxyl groups excluding tert-OH is 1. The van der Waals surface area contributed by atoms with Crippen LogP contribution in [-0.4, -0.2) is 23.5 Å². The third-order valence-electron chi connectivity index (χ3n) is 2.81. The van der Waals surface area contributed by atoms with Gasteiger partial charge in [0.25, 0.3) is 0 Å². The summed E-state index contributed by atoms with van der Waals surface area (Å²) in [6, 6.07) is 11.4. The summed E-state index contributed by atoms with van der Waals surface area (Å²) in [7, 11) is 0. The van der Waals surface area contributed by atoms with Gasteiger partial charge in [-0.3, -0.25) is 4.79 Å². The van der Waals surface area contributed by atoms with Crippen LogP contribution in [0.2, 0.25) is 0 Å². The molecule has 88 valence electrons.